The van der Waals surface area contributed by atoms with Gasteiger partial charge in [0.1, 0.15) is 5.52 Å². The third-order valence-corrected chi connectivity index (χ3v) is 14.1. The van der Waals surface area contributed by atoms with Gasteiger partial charge in [0.25, 0.3) is 0 Å². The second-order valence-corrected chi connectivity index (χ2v) is 21.2. The van der Waals surface area contributed by atoms with Crippen molar-refractivity contribution >= 4 is 94.0 Å². The Hall–Kier alpha value is -6.11. The van der Waals surface area contributed by atoms with Crippen molar-refractivity contribution in [2.24, 2.45) is 0 Å². The molecule has 4 heterocycles. The Kier molecular flexibility index (Phi) is 8.19. The van der Waals surface area contributed by atoms with Crippen molar-refractivity contribution in [2.45, 2.75) is 78.6 Å². The number of anilines is 2. The summed E-state index contributed by atoms with van der Waals surface area (Å²) in [6.07, 6.45) is 0. The minimum absolute atomic E-state index is 0.0123. The smallest absolute Gasteiger partial charge is 0.227 e. The molecular weight excluding hydrogens is 762 g/mol. The lowest BCUT2D eigenvalue weighted by atomic mass is 9.58. The van der Waals surface area contributed by atoms with Gasteiger partial charge in [-0.05, 0) is 105 Å². The van der Waals surface area contributed by atoms with Gasteiger partial charge in [-0.15, -0.1) is 11.3 Å². The Balaban J connectivity index is 1.27. The minimum atomic E-state index is -0.0569. The van der Waals surface area contributed by atoms with Crippen LogP contribution in [0.25, 0.3) is 81.3 Å². The van der Waals surface area contributed by atoms with Crippen LogP contribution in [0.2, 0.25) is 0 Å². The summed E-state index contributed by atoms with van der Waals surface area (Å²) < 4.78 is 11.8. The Morgan fingerprint density at radius 1 is 0.639 bits per heavy atom. The van der Waals surface area contributed by atoms with E-state index in [-0.39, 0.29) is 16.2 Å². The molecule has 0 bridgehead atoms. The average Bonchev–Trinajstić information content (AvgIpc) is 3.92. The highest BCUT2D eigenvalue weighted by Gasteiger charge is 2.33. The zero-order chi connectivity index (χ0) is 42.2. The van der Waals surface area contributed by atoms with Crippen LogP contribution in [0.1, 0.15) is 79.0 Å². The second kappa shape index (κ2) is 13.2. The largest absolute Gasteiger partial charge is 0.436 e. The van der Waals surface area contributed by atoms with Crippen molar-refractivity contribution in [2.75, 3.05) is 5.32 Å². The summed E-state index contributed by atoms with van der Waals surface area (Å²) in [4.78, 5) is 5.08. The molecule has 0 fully saturated rings. The fourth-order valence-corrected chi connectivity index (χ4v) is 10.8. The topological polar surface area (TPSA) is 43.0 Å². The van der Waals surface area contributed by atoms with Gasteiger partial charge in [-0.25, -0.2) is 4.98 Å². The molecule has 300 valence electrons. The number of thiophene rings is 1. The monoisotopic (exact) mass is 811 g/mol. The molecule has 1 aliphatic heterocycles. The van der Waals surface area contributed by atoms with Crippen molar-refractivity contribution in [1.29, 1.82) is 0 Å². The average molecular weight is 812 g/mol. The molecule has 3 aromatic heterocycles. The summed E-state index contributed by atoms with van der Waals surface area (Å²) in [5.74, 6) is 0.644. The van der Waals surface area contributed by atoms with Crippen molar-refractivity contribution < 1.29 is 4.42 Å². The molecule has 0 atom stereocenters. The second-order valence-electron chi connectivity index (χ2n) is 20.2. The number of benzene rings is 7. The lowest BCUT2D eigenvalue weighted by Gasteiger charge is -2.26. The summed E-state index contributed by atoms with van der Waals surface area (Å²) in [6.45, 7) is 20.7. The van der Waals surface area contributed by atoms with Crippen molar-refractivity contribution in [3.05, 3.63) is 144 Å². The fraction of sp³-hybridized carbons (Fsp3) is 0.218. The first-order valence-electron chi connectivity index (χ1n) is 21.6. The molecule has 0 saturated heterocycles. The van der Waals surface area contributed by atoms with Crippen molar-refractivity contribution in [3.63, 3.8) is 0 Å². The third-order valence-electron chi connectivity index (χ3n) is 12.9. The molecule has 0 spiro atoms. The van der Waals surface area contributed by atoms with Crippen LogP contribution in [0.3, 0.4) is 0 Å². The molecule has 1 N–H and O–H groups in total. The van der Waals surface area contributed by atoms with Crippen molar-refractivity contribution in [1.82, 2.24) is 9.55 Å². The van der Waals surface area contributed by atoms with Crippen LogP contribution in [0.4, 0.5) is 11.4 Å². The van der Waals surface area contributed by atoms with E-state index in [1.807, 2.05) is 29.5 Å². The molecule has 0 radical (unpaired) electrons. The van der Waals surface area contributed by atoms with E-state index < -0.39 is 0 Å². The molecule has 4 nitrogen and oxygen atoms in total. The maximum Gasteiger partial charge on any atom is 0.227 e. The van der Waals surface area contributed by atoms with Gasteiger partial charge in [-0.2, -0.15) is 0 Å². The molecule has 0 saturated carbocycles. The molecule has 0 amide bonds. The highest BCUT2D eigenvalue weighted by molar-refractivity contribution is 7.27. The van der Waals surface area contributed by atoms with Gasteiger partial charge >= 0.3 is 0 Å². The maximum atomic E-state index is 6.57. The van der Waals surface area contributed by atoms with Crippen LogP contribution < -0.4 is 16.2 Å². The minimum Gasteiger partial charge on any atom is -0.436 e. The van der Waals surface area contributed by atoms with E-state index in [9.17, 15) is 0 Å². The standard InChI is InChI=1S/C55H50BN3OS/c1-53(2,3)32-19-23-35(24-20-32)57-40-25-21-33(54(4,5)6)27-37(40)46-47-36-17-13-14-18-45(36)61-51(47)48-38-28-34(55(7,8)9)22-26-42(38)59-43-30-44-41(29-39(43)56-49(46)50(48)59)58-52(60-44)31-15-11-10-12-16-31/h10-30,56-57H,1-9H3. The molecule has 7 aromatic carbocycles. The highest BCUT2D eigenvalue weighted by atomic mass is 32.1. The van der Waals surface area contributed by atoms with E-state index in [4.69, 9.17) is 9.40 Å². The first kappa shape index (κ1) is 37.9. The fourth-order valence-electron chi connectivity index (χ4n) is 9.52. The molecule has 0 aliphatic carbocycles. The van der Waals surface area contributed by atoms with Gasteiger partial charge in [-0.3, -0.25) is 0 Å². The molecule has 11 rings (SSSR count). The van der Waals surface area contributed by atoms with Crippen molar-refractivity contribution in [3.8, 4) is 28.3 Å². The van der Waals surface area contributed by atoms with Gasteiger partial charge < -0.3 is 14.3 Å². The molecule has 6 heteroatoms. The van der Waals surface area contributed by atoms with E-state index in [2.05, 4.69) is 181 Å². The third kappa shape index (κ3) is 6.05. The Labute approximate surface area is 362 Å². The van der Waals surface area contributed by atoms with E-state index >= 15 is 0 Å². The van der Waals surface area contributed by atoms with E-state index in [1.54, 1.807) is 0 Å². The van der Waals surface area contributed by atoms with Crippen LogP contribution in [-0.4, -0.2) is 16.8 Å². The number of fused-ring (bicyclic) bond motifs is 10. The SMILES string of the molecule is CC(C)(C)c1ccc(Nc2ccc(C(C)(C)C)cc2-c2c3c4c(c5cc(C(C)(C)C)ccc5n4-c4cc5oc(-c6ccccc6)nc5cc4B3)c3sc4ccccc4c23)cc1. The van der Waals surface area contributed by atoms with Crippen LogP contribution >= 0.6 is 11.3 Å². The van der Waals surface area contributed by atoms with E-state index in [0.29, 0.717) is 5.89 Å². The van der Waals surface area contributed by atoms with Crippen LogP contribution in [0.5, 0.6) is 0 Å². The molecule has 1 aliphatic rings. The summed E-state index contributed by atoms with van der Waals surface area (Å²) in [6, 6.07) is 47.1. The molecule has 10 aromatic rings. The Bertz CT molecular complexity index is 3400. The van der Waals surface area contributed by atoms with Gasteiger partial charge in [0.15, 0.2) is 12.9 Å². The number of hydrogen-bond acceptors (Lipinski definition) is 4. The summed E-state index contributed by atoms with van der Waals surface area (Å²) >= 11 is 1.93. The number of rotatable bonds is 4. The first-order chi connectivity index (χ1) is 29.1. The predicted molar refractivity (Wildman–Crippen MR) is 264 cm³/mol. The lowest BCUT2D eigenvalue weighted by molar-refractivity contribution is 0.590. The number of nitrogens with zero attached hydrogens (tertiary/aromatic N) is 2. The van der Waals surface area contributed by atoms with Gasteiger partial charge in [0.05, 0.1) is 11.0 Å². The summed E-state index contributed by atoms with van der Waals surface area (Å²) in [5.41, 5.74) is 17.6. The van der Waals surface area contributed by atoms with Crippen LogP contribution in [-0.2, 0) is 16.2 Å². The summed E-state index contributed by atoms with van der Waals surface area (Å²) in [7, 11) is 0.757. The number of hydrogen-bond donors (Lipinski definition) is 1. The molecule has 61 heavy (non-hydrogen) atoms. The quantitative estimate of drug-likeness (QED) is 0.180. The maximum absolute atomic E-state index is 6.57. The van der Waals surface area contributed by atoms with Gasteiger partial charge in [0.2, 0.25) is 5.89 Å². The van der Waals surface area contributed by atoms with Crippen LogP contribution in [0.15, 0.2) is 132 Å². The molecule has 0 unspecified atom stereocenters. The van der Waals surface area contributed by atoms with Crippen LogP contribution in [0, 0.1) is 0 Å². The van der Waals surface area contributed by atoms with Gasteiger partial charge in [-0.1, -0.05) is 128 Å². The number of nitrogens with one attached hydrogen (secondary N) is 1. The number of aromatic nitrogens is 2. The Morgan fingerprint density at radius 2 is 1.31 bits per heavy atom. The zero-order valence-electron chi connectivity index (χ0n) is 36.5. The van der Waals surface area contributed by atoms with Gasteiger partial charge in [0, 0.05) is 65.2 Å². The predicted octanol–water partition coefficient (Wildman–Crippen LogP) is 14.0. The first-order valence-corrected chi connectivity index (χ1v) is 22.4. The normalized spacial score (nSPS) is 13.1. The van der Waals surface area contributed by atoms with E-state index in [1.165, 1.54) is 80.7 Å². The number of oxazole rings is 1. The zero-order valence-corrected chi connectivity index (χ0v) is 37.4. The molecular formula is C55H50BN3OS. The Morgan fingerprint density at radius 3 is 2.05 bits per heavy atom. The van der Waals surface area contributed by atoms with E-state index in [0.717, 1.165) is 41.0 Å². The summed E-state index contributed by atoms with van der Waals surface area (Å²) in [5, 5.41) is 9.22. The highest BCUT2D eigenvalue weighted by Crippen LogP contribution is 2.50. The lowest BCUT2D eigenvalue weighted by Crippen LogP contribution is -2.37.